The SMILES string of the molecule is COc1ccc(CN2C(=O)c3ccccc3OC3CCCCC32C(=O)NC(C)(C)C)cc1. The van der Waals surface area contributed by atoms with Gasteiger partial charge < -0.3 is 19.7 Å². The molecule has 0 saturated heterocycles. The fraction of sp³-hybridized carbons (Fsp3) is 0.462. The number of hydrogen-bond donors (Lipinski definition) is 1. The molecule has 1 saturated carbocycles. The third-order valence-electron chi connectivity index (χ3n) is 6.30. The van der Waals surface area contributed by atoms with E-state index >= 15 is 0 Å². The van der Waals surface area contributed by atoms with Gasteiger partial charge in [0.15, 0.2) is 5.54 Å². The first-order chi connectivity index (χ1) is 15.2. The lowest BCUT2D eigenvalue weighted by atomic mass is 9.76. The Labute approximate surface area is 189 Å². The van der Waals surface area contributed by atoms with Crippen molar-refractivity contribution in [2.75, 3.05) is 7.11 Å². The molecule has 32 heavy (non-hydrogen) atoms. The van der Waals surface area contributed by atoms with Crippen LogP contribution in [0.15, 0.2) is 48.5 Å². The molecule has 2 atom stereocenters. The minimum atomic E-state index is -1.08. The largest absolute Gasteiger partial charge is 0.497 e. The van der Waals surface area contributed by atoms with E-state index in [1.807, 2.05) is 63.2 Å². The van der Waals surface area contributed by atoms with E-state index in [0.29, 0.717) is 24.3 Å². The van der Waals surface area contributed by atoms with Gasteiger partial charge in [-0.1, -0.05) is 30.7 Å². The molecule has 2 unspecified atom stereocenters. The van der Waals surface area contributed by atoms with E-state index in [2.05, 4.69) is 5.32 Å². The van der Waals surface area contributed by atoms with E-state index in [-0.39, 0.29) is 11.8 Å². The lowest BCUT2D eigenvalue weighted by Crippen LogP contribution is -2.69. The van der Waals surface area contributed by atoms with Crippen molar-refractivity contribution in [1.82, 2.24) is 10.2 Å². The van der Waals surface area contributed by atoms with Crippen molar-refractivity contribution < 1.29 is 19.1 Å². The molecule has 2 amide bonds. The van der Waals surface area contributed by atoms with Crippen LogP contribution in [0.4, 0.5) is 0 Å². The van der Waals surface area contributed by atoms with Crippen LogP contribution in [0.1, 0.15) is 62.4 Å². The molecule has 0 aromatic heterocycles. The lowest BCUT2D eigenvalue weighted by Gasteiger charge is -2.48. The summed E-state index contributed by atoms with van der Waals surface area (Å²) in [5.74, 6) is 0.976. The molecular weight excluding hydrogens is 404 g/mol. The molecule has 6 nitrogen and oxygen atoms in total. The van der Waals surface area contributed by atoms with Gasteiger partial charge >= 0.3 is 0 Å². The lowest BCUT2D eigenvalue weighted by molar-refractivity contribution is -0.143. The Balaban J connectivity index is 1.84. The van der Waals surface area contributed by atoms with E-state index in [1.165, 1.54) is 0 Å². The first-order valence-electron chi connectivity index (χ1n) is 11.3. The minimum Gasteiger partial charge on any atom is -0.497 e. The number of benzene rings is 2. The van der Waals surface area contributed by atoms with Gasteiger partial charge in [-0.15, -0.1) is 0 Å². The summed E-state index contributed by atoms with van der Waals surface area (Å²) in [5, 5.41) is 3.16. The van der Waals surface area contributed by atoms with Crippen molar-refractivity contribution in [1.29, 1.82) is 0 Å². The van der Waals surface area contributed by atoms with Gasteiger partial charge in [0.1, 0.15) is 17.6 Å². The van der Waals surface area contributed by atoms with E-state index in [1.54, 1.807) is 18.1 Å². The molecule has 1 heterocycles. The van der Waals surface area contributed by atoms with Crippen molar-refractivity contribution in [3.63, 3.8) is 0 Å². The monoisotopic (exact) mass is 436 g/mol. The van der Waals surface area contributed by atoms with Crippen molar-refractivity contribution in [3.05, 3.63) is 59.7 Å². The van der Waals surface area contributed by atoms with E-state index < -0.39 is 17.2 Å². The van der Waals surface area contributed by atoms with Crippen LogP contribution in [0.2, 0.25) is 0 Å². The molecular formula is C26H32N2O4. The summed E-state index contributed by atoms with van der Waals surface area (Å²) in [7, 11) is 1.63. The molecule has 0 spiro atoms. The number of carbonyl (C=O) groups excluding carboxylic acids is 2. The summed E-state index contributed by atoms with van der Waals surface area (Å²) in [6.45, 7) is 6.19. The molecule has 2 aromatic carbocycles. The van der Waals surface area contributed by atoms with Gasteiger partial charge in [-0.25, -0.2) is 0 Å². The maximum absolute atomic E-state index is 13.9. The molecule has 0 bridgehead atoms. The van der Waals surface area contributed by atoms with Gasteiger partial charge in [0.05, 0.1) is 12.7 Å². The van der Waals surface area contributed by atoms with Crippen molar-refractivity contribution >= 4 is 11.8 Å². The maximum atomic E-state index is 13.9. The zero-order chi connectivity index (χ0) is 22.9. The number of rotatable bonds is 4. The third-order valence-corrected chi connectivity index (χ3v) is 6.30. The zero-order valence-corrected chi connectivity index (χ0v) is 19.3. The van der Waals surface area contributed by atoms with Gasteiger partial charge in [0, 0.05) is 12.1 Å². The van der Waals surface area contributed by atoms with Gasteiger partial charge in [-0.2, -0.15) is 0 Å². The highest BCUT2D eigenvalue weighted by atomic mass is 16.5. The number of hydrogen-bond acceptors (Lipinski definition) is 4. The fourth-order valence-corrected chi connectivity index (χ4v) is 4.77. The van der Waals surface area contributed by atoms with Crippen LogP contribution in [0.5, 0.6) is 11.5 Å². The minimum absolute atomic E-state index is 0.149. The molecule has 1 fully saturated rings. The second kappa shape index (κ2) is 8.49. The molecule has 1 aliphatic carbocycles. The van der Waals surface area contributed by atoms with Gasteiger partial charge in [0.2, 0.25) is 5.91 Å². The number of carbonyl (C=O) groups is 2. The first kappa shape index (κ1) is 22.2. The molecule has 2 aromatic rings. The van der Waals surface area contributed by atoms with Crippen LogP contribution >= 0.6 is 0 Å². The summed E-state index contributed by atoms with van der Waals surface area (Å²) < 4.78 is 11.7. The van der Waals surface area contributed by atoms with Crippen LogP contribution in [0.25, 0.3) is 0 Å². The Bertz CT molecular complexity index is 996. The molecule has 6 heteroatoms. The fourth-order valence-electron chi connectivity index (χ4n) is 4.77. The first-order valence-corrected chi connectivity index (χ1v) is 11.3. The molecule has 0 radical (unpaired) electrons. The highest BCUT2D eigenvalue weighted by Gasteiger charge is 2.57. The summed E-state index contributed by atoms with van der Waals surface area (Å²) in [6.07, 6.45) is 2.69. The Morgan fingerprint density at radius 2 is 1.88 bits per heavy atom. The van der Waals surface area contributed by atoms with Gasteiger partial charge in [0.25, 0.3) is 5.91 Å². The van der Waals surface area contributed by atoms with Crippen LogP contribution in [0.3, 0.4) is 0 Å². The van der Waals surface area contributed by atoms with Gasteiger partial charge in [-0.3, -0.25) is 9.59 Å². The predicted molar refractivity (Wildman–Crippen MR) is 123 cm³/mol. The number of amides is 2. The van der Waals surface area contributed by atoms with Crippen molar-refractivity contribution in [3.8, 4) is 11.5 Å². The Morgan fingerprint density at radius 1 is 1.16 bits per heavy atom. The Morgan fingerprint density at radius 3 is 2.56 bits per heavy atom. The summed E-state index contributed by atoms with van der Waals surface area (Å²) in [4.78, 5) is 29.6. The average molecular weight is 437 g/mol. The summed E-state index contributed by atoms with van der Waals surface area (Å²) >= 11 is 0. The highest BCUT2D eigenvalue weighted by molar-refractivity contribution is 6.02. The van der Waals surface area contributed by atoms with Crippen molar-refractivity contribution in [2.24, 2.45) is 0 Å². The quantitative estimate of drug-likeness (QED) is 0.775. The standard InChI is InChI=1S/C26H32N2O4/c1-25(2,3)27-24(30)26-16-8-7-11-22(26)32-21-10-6-5-9-20(21)23(29)28(26)17-18-12-14-19(31-4)15-13-18/h5-6,9-10,12-15,22H,7-8,11,16-17H2,1-4H3,(H,27,30). The molecule has 2 aliphatic rings. The third kappa shape index (κ3) is 4.06. The summed E-state index contributed by atoms with van der Waals surface area (Å²) in [5.41, 5.74) is -0.0762. The number of nitrogens with zero attached hydrogens (tertiary/aromatic N) is 1. The van der Waals surface area contributed by atoms with E-state index in [4.69, 9.17) is 9.47 Å². The second-order valence-corrected chi connectivity index (χ2v) is 9.72. The average Bonchev–Trinajstić information content (AvgIpc) is 2.87. The molecule has 170 valence electrons. The zero-order valence-electron chi connectivity index (χ0n) is 19.3. The van der Waals surface area contributed by atoms with Crippen LogP contribution in [-0.4, -0.2) is 41.0 Å². The Hall–Kier alpha value is -3.02. The number of para-hydroxylation sites is 1. The van der Waals surface area contributed by atoms with Gasteiger partial charge in [-0.05, 0) is 69.9 Å². The smallest absolute Gasteiger partial charge is 0.258 e. The van der Waals surface area contributed by atoms with E-state index in [9.17, 15) is 9.59 Å². The second-order valence-electron chi connectivity index (χ2n) is 9.72. The maximum Gasteiger partial charge on any atom is 0.258 e. The number of ether oxygens (including phenoxy) is 2. The number of methoxy groups -OCH3 is 1. The predicted octanol–water partition coefficient (Wildman–Crippen LogP) is 4.33. The van der Waals surface area contributed by atoms with Crippen molar-refractivity contribution in [2.45, 2.75) is 70.2 Å². The number of nitrogens with one attached hydrogen (secondary N) is 1. The Kier molecular flexibility index (Phi) is 5.89. The van der Waals surface area contributed by atoms with Crippen LogP contribution in [0, 0.1) is 0 Å². The van der Waals surface area contributed by atoms with E-state index in [0.717, 1.165) is 30.6 Å². The molecule has 1 N–H and O–H groups in total. The molecule has 1 aliphatic heterocycles. The summed E-state index contributed by atoms with van der Waals surface area (Å²) in [6, 6.07) is 14.9. The topological polar surface area (TPSA) is 67.9 Å². The highest BCUT2D eigenvalue weighted by Crippen LogP contribution is 2.42. The van der Waals surface area contributed by atoms with Crippen LogP contribution < -0.4 is 14.8 Å². The normalized spacial score (nSPS) is 22.8. The van der Waals surface area contributed by atoms with Crippen LogP contribution in [-0.2, 0) is 11.3 Å². The molecule has 4 rings (SSSR count). The number of fused-ring (bicyclic) bond motifs is 2.